The van der Waals surface area contributed by atoms with E-state index in [9.17, 15) is 9.90 Å². The summed E-state index contributed by atoms with van der Waals surface area (Å²) in [7, 11) is 3.75. The van der Waals surface area contributed by atoms with E-state index in [1.807, 2.05) is 44.2 Å². The maximum Gasteiger partial charge on any atom is 0.260 e. The fraction of sp³-hybridized carbons (Fsp3) is 0.571. The van der Waals surface area contributed by atoms with Gasteiger partial charge in [-0.3, -0.25) is 4.79 Å². The van der Waals surface area contributed by atoms with Crippen LogP contribution < -0.4 is 0 Å². The number of benzene rings is 1. The molecule has 1 atom stereocenters. The van der Waals surface area contributed by atoms with Gasteiger partial charge in [0.1, 0.15) is 11.0 Å². The molecule has 0 aliphatic carbocycles. The molecule has 0 radical (unpaired) electrons. The van der Waals surface area contributed by atoms with Crippen LogP contribution in [0.3, 0.4) is 0 Å². The average Bonchev–Trinajstić information content (AvgIpc) is 2.82. The Balaban J connectivity index is 2.66. The predicted octanol–water partition coefficient (Wildman–Crippen LogP) is 4.94. The molecule has 1 aliphatic heterocycles. The second-order valence-electron chi connectivity index (χ2n) is 9.09. The number of amides is 1. The van der Waals surface area contributed by atoms with Crippen LogP contribution in [0.5, 0.6) is 5.75 Å². The summed E-state index contributed by atoms with van der Waals surface area (Å²) in [6, 6.07) is 4.01. The van der Waals surface area contributed by atoms with Gasteiger partial charge in [-0.25, -0.2) is 10.0 Å². The van der Waals surface area contributed by atoms with Crippen molar-refractivity contribution in [3.63, 3.8) is 0 Å². The van der Waals surface area contributed by atoms with Gasteiger partial charge in [-0.2, -0.15) is 0 Å². The highest BCUT2D eigenvalue weighted by Crippen LogP contribution is 2.48. The fourth-order valence-electron chi connectivity index (χ4n) is 3.19. The molecule has 1 heterocycles. The van der Waals surface area contributed by atoms with Crippen LogP contribution >= 0.6 is 11.8 Å². The van der Waals surface area contributed by atoms with E-state index >= 15 is 0 Å². The summed E-state index contributed by atoms with van der Waals surface area (Å²) in [6.07, 6.45) is 1.97. The number of carbonyl (C=O) groups excluding carboxylic acids is 1. The van der Waals surface area contributed by atoms with Crippen LogP contribution in [0, 0.1) is 0 Å². The SMILES string of the molecule is CC=C1SC(c2cc(C(C)(C)C)c(O)c(C(C)(C)C)c2)C(=O)N1N(C)C. The Morgan fingerprint density at radius 2 is 1.54 bits per heavy atom. The highest BCUT2D eigenvalue weighted by atomic mass is 32.2. The van der Waals surface area contributed by atoms with Crippen molar-refractivity contribution in [3.8, 4) is 5.75 Å². The second kappa shape index (κ2) is 6.93. The summed E-state index contributed by atoms with van der Waals surface area (Å²) >= 11 is 1.57. The molecule has 1 aliphatic rings. The third kappa shape index (κ3) is 3.79. The Morgan fingerprint density at radius 1 is 1.08 bits per heavy atom. The lowest BCUT2D eigenvalue weighted by atomic mass is 9.78. The van der Waals surface area contributed by atoms with Crippen LogP contribution in [0.4, 0.5) is 0 Å². The number of hydrazine groups is 1. The fourth-order valence-corrected chi connectivity index (χ4v) is 4.39. The summed E-state index contributed by atoms with van der Waals surface area (Å²) in [5.74, 6) is 0.401. The molecule has 144 valence electrons. The minimum absolute atomic E-state index is 0.0542. The van der Waals surface area contributed by atoms with Gasteiger partial charge in [-0.15, -0.1) is 0 Å². The summed E-state index contributed by atoms with van der Waals surface area (Å²) in [5.41, 5.74) is 2.31. The van der Waals surface area contributed by atoms with Gasteiger partial charge in [0.2, 0.25) is 0 Å². The van der Waals surface area contributed by atoms with Gasteiger partial charge in [0.25, 0.3) is 5.91 Å². The Kier molecular flexibility index (Phi) is 5.56. The van der Waals surface area contributed by atoms with Gasteiger partial charge < -0.3 is 5.11 Å². The number of thioether (sulfide) groups is 1. The van der Waals surface area contributed by atoms with Gasteiger partial charge in [-0.05, 0) is 46.6 Å². The normalized spacial score (nSPS) is 20.5. The molecular weight excluding hydrogens is 344 g/mol. The van der Waals surface area contributed by atoms with Crippen molar-refractivity contribution in [3.05, 3.63) is 39.9 Å². The van der Waals surface area contributed by atoms with E-state index in [0.29, 0.717) is 5.75 Å². The minimum atomic E-state index is -0.300. The van der Waals surface area contributed by atoms with Gasteiger partial charge >= 0.3 is 0 Å². The number of hydrogen-bond donors (Lipinski definition) is 1. The van der Waals surface area contributed by atoms with Crippen LogP contribution in [0.2, 0.25) is 0 Å². The topological polar surface area (TPSA) is 43.8 Å². The number of nitrogens with zero attached hydrogens (tertiary/aromatic N) is 2. The first-order chi connectivity index (χ1) is 11.8. The molecule has 1 aromatic carbocycles. The van der Waals surface area contributed by atoms with E-state index in [0.717, 1.165) is 21.7 Å². The van der Waals surface area contributed by atoms with Crippen LogP contribution in [-0.2, 0) is 15.6 Å². The lowest BCUT2D eigenvalue weighted by Gasteiger charge is -2.29. The van der Waals surface area contributed by atoms with Crippen molar-refractivity contribution < 1.29 is 9.90 Å². The molecule has 26 heavy (non-hydrogen) atoms. The minimum Gasteiger partial charge on any atom is -0.507 e. The van der Waals surface area contributed by atoms with Crippen molar-refractivity contribution in [1.29, 1.82) is 0 Å². The van der Waals surface area contributed by atoms with Crippen molar-refractivity contribution in [2.24, 2.45) is 0 Å². The average molecular weight is 377 g/mol. The first-order valence-corrected chi connectivity index (χ1v) is 9.89. The smallest absolute Gasteiger partial charge is 0.260 e. The predicted molar refractivity (Wildman–Crippen MR) is 110 cm³/mol. The monoisotopic (exact) mass is 376 g/mol. The second-order valence-corrected chi connectivity index (χ2v) is 10.2. The van der Waals surface area contributed by atoms with Crippen LogP contribution in [0.25, 0.3) is 0 Å². The number of allylic oxidation sites excluding steroid dienone is 1. The van der Waals surface area contributed by atoms with Crippen molar-refractivity contribution in [2.75, 3.05) is 14.1 Å². The zero-order valence-corrected chi connectivity index (χ0v) is 18.3. The molecule has 0 spiro atoms. The molecule has 0 bridgehead atoms. The van der Waals surface area contributed by atoms with E-state index in [1.54, 1.807) is 16.8 Å². The van der Waals surface area contributed by atoms with Crippen molar-refractivity contribution in [1.82, 2.24) is 10.0 Å². The number of hydrogen-bond acceptors (Lipinski definition) is 4. The van der Waals surface area contributed by atoms with Crippen LogP contribution in [-0.4, -0.2) is 35.1 Å². The molecule has 1 aromatic rings. The van der Waals surface area contributed by atoms with Gasteiger partial charge in [0.05, 0.1) is 5.03 Å². The molecule has 0 saturated carbocycles. The molecule has 0 aromatic heterocycles. The quantitative estimate of drug-likeness (QED) is 0.794. The van der Waals surface area contributed by atoms with E-state index < -0.39 is 0 Å². The Morgan fingerprint density at radius 3 is 1.85 bits per heavy atom. The van der Waals surface area contributed by atoms with E-state index in [4.69, 9.17) is 0 Å². The standard InChI is InChI=1S/C21H32N2O2S/c1-10-16-23(22(8)9)19(25)18(26-16)13-11-14(20(2,3)4)17(24)15(12-13)21(5,6)7/h10-12,18,24H,1-9H3. The Hall–Kier alpha value is -1.46. The summed E-state index contributed by atoms with van der Waals surface area (Å²) in [4.78, 5) is 13.1. The molecule has 2 rings (SSSR count). The summed E-state index contributed by atoms with van der Waals surface area (Å²) in [6.45, 7) is 14.5. The zero-order valence-electron chi connectivity index (χ0n) is 17.5. The maximum absolute atomic E-state index is 13.1. The molecule has 1 saturated heterocycles. The molecular formula is C21H32N2O2S. The Labute approximate surface area is 162 Å². The summed E-state index contributed by atoms with van der Waals surface area (Å²) in [5, 5.41) is 15.1. The highest BCUT2D eigenvalue weighted by Gasteiger charge is 2.40. The molecule has 1 amide bonds. The van der Waals surface area contributed by atoms with Gasteiger partial charge in [0, 0.05) is 14.1 Å². The first kappa shape index (κ1) is 20.8. The number of rotatable bonds is 2. The largest absolute Gasteiger partial charge is 0.507 e. The molecule has 4 nitrogen and oxygen atoms in total. The lowest BCUT2D eigenvalue weighted by Crippen LogP contribution is -2.37. The third-order valence-electron chi connectivity index (χ3n) is 4.58. The lowest BCUT2D eigenvalue weighted by molar-refractivity contribution is -0.137. The van der Waals surface area contributed by atoms with E-state index in [1.165, 1.54) is 0 Å². The van der Waals surface area contributed by atoms with Crippen LogP contribution in [0.15, 0.2) is 23.2 Å². The van der Waals surface area contributed by atoms with Crippen LogP contribution in [0.1, 0.15) is 70.4 Å². The Bertz CT molecular complexity index is 704. The highest BCUT2D eigenvalue weighted by molar-refractivity contribution is 8.04. The molecule has 1 unspecified atom stereocenters. The molecule has 1 N–H and O–H groups in total. The number of aromatic hydroxyl groups is 1. The van der Waals surface area contributed by atoms with E-state index in [2.05, 4.69) is 41.5 Å². The third-order valence-corrected chi connectivity index (χ3v) is 5.94. The van der Waals surface area contributed by atoms with E-state index in [-0.39, 0.29) is 22.0 Å². The maximum atomic E-state index is 13.1. The van der Waals surface area contributed by atoms with Gasteiger partial charge in [0.15, 0.2) is 0 Å². The zero-order chi connectivity index (χ0) is 20.0. The number of phenols is 1. The van der Waals surface area contributed by atoms with Crippen molar-refractivity contribution >= 4 is 17.7 Å². The molecule has 1 fully saturated rings. The van der Waals surface area contributed by atoms with Crippen molar-refractivity contribution in [2.45, 2.75) is 64.5 Å². The molecule has 5 heteroatoms. The summed E-state index contributed by atoms with van der Waals surface area (Å²) < 4.78 is 0. The number of carbonyl (C=O) groups is 1. The number of phenolic OH excluding ortho intramolecular Hbond substituents is 1. The first-order valence-electron chi connectivity index (χ1n) is 9.01. The van der Waals surface area contributed by atoms with Gasteiger partial charge in [-0.1, -0.05) is 59.4 Å².